The summed E-state index contributed by atoms with van der Waals surface area (Å²) in [6.45, 7) is 0.937. The molecule has 0 bridgehead atoms. The van der Waals surface area contributed by atoms with E-state index in [9.17, 15) is 0 Å². The van der Waals surface area contributed by atoms with Crippen molar-refractivity contribution in [3.8, 4) is 10.6 Å². The van der Waals surface area contributed by atoms with Gasteiger partial charge in [-0.2, -0.15) is 4.57 Å². The Morgan fingerprint density at radius 2 is 1.95 bits per heavy atom. The third-order valence-electron chi connectivity index (χ3n) is 3.60. The predicted octanol–water partition coefficient (Wildman–Crippen LogP) is 3.22. The Morgan fingerprint density at radius 3 is 2.95 bits per heavy atom. The van der Waals surface area contributed by atoms with Crippen LogP contribution in [0.25, 0.3) is 30.2 Å². The molecule has 0 atom stereocenters. The molecule has 1 aliphatic heterocycles. The summed E-state index contributed by atoms with van der Waals surface area (Å²) < 4.78 is 5.08. The number of thiophene rings is 1. The van der Waals surface area contributed by atoms with E-state index >= 15 is 0 Å². The van der Waals surface area contributed by atoms with Gasteiger partial charge in [0.15, 0.2) is 10.6 Å². The minimum atomic E-state index is 0.937. The second-order valence-corrected chi connectivity index (χ2v) is 6.95. The van der Waals surface area contributed by atoms with E-state index in [2.05, 4.69) is 26.7 Å². The lowest BCUT2D eigenvalue weighted by molar-refractivity contribution is -0.641. The van der Waals surface area contributed by atoms with Crippen LogP contribution in [0.5, 0.6) is 0 Å². The van der Waals surface area contributed by atoms with Gasteiger partial charge in [-0.3, -0.25) is 9.97 Å². The molecule has 4 aromatic rings. The summed E-state index contributed by atoms with van der Waals surface area (Å²) in [5, 5.41) is 2.68. The van der Waals surface area contributed by atoms with Crippen LogP contribution in [0, 0.1) is 0 Å². The van der Waals surface area contributed by atoms with E-state index < -0.39 is 0 Å². The van der Waals surface area contributed by atoms with Crippen LogP contribution in [0.1, 0.15) is 5.56 Å². The molecule has 5 heteroatoms. The van der Waals surface area contributed by atoms with Crippen molar-refractivity contribution >= 4 is 42.3 Å². The third-order valence-corrected chi connectivity index (χ3v) is 6.04. The number of aromatic nitrogens is 3. The number of pyridine rings is 2. The van der Waals surface area contributed by atoms with Gasteiger partial charge in [0.2, 0.25) is 5.52 Å². The predicted molar refractivity (Wildman–Crippen MR) is 77.5 cm³/mol. The molecule has 3 nitrogen and oxygen atoms in total. The fourth-order valence-electron chi connectivity index (χ4n) is 2.77. The van der Waals surface area contributed by atoms with Gasteiger partial charge in [-0.15, -0.1) is 11.3 Å². The molecule has 0 aromatic carbocycles. The highest BCUT2D eigenvalue weighted by molar-refractivity contribution is 7.42. The van der Waals surface area contributed by atoms with Gasteiger partial charge in [0.05, 0.1) is 15.6 Å². The van der Waals surface area contributed by atoms with E-state index in [1.165, 1.54) is 35.8 Å². The van der Waals surface area contributed by atoms with E-state index in [0.717, 1.165) is 6.54 Å². The molecular formula is C14H8N3S2+. The Labute approximate surface area is 116 Å². The fourth-order valence-corrected chi connectivity index (χ4v) is 5.41. The Hall–Kier alpha value is -1.85. The highest BCUT2D eigenvalue weighted by Crippen LogP contribution is 2.41. The lowest BCUT2D eigenvalue weighted by atomic mass is 10.2. The van der Waals surface area contributed by atoms with Crippen LogP contribution < -0.4 is 4.57 Å². The smallest absolute Gasteiger partial charge is 0.264 e. The molecule has 0 spiro atoms. The highest BCUT2D eigenvalue weighted by atomic mass is 32.2. The van der Waals surface area contributed by atoms with Crippen molar-refractivity contribution in [2.24, 2.45) is 0 Å². The second kappa shape index (κ2) is 3.37. The number of fused-ring (bicyclic) bond motifs is 7. The van der Waals surface area contributed by atoms with Gasteiger partial charge >= 0.3 is 0 Å². The van der Waals surface area contributed by atoms with Crippen molar-refractivity contribution in [1.82, 2.24) is 9.97 Å². The van der Waals surface area contributed by atoms with Gasteiger partial charge in [-0.1, -0.05) is 11.3 Å². The summed E-state index contributed by atoms with van der Waals surface area (Å²) in [4.78, 5) is 8.45. The van der Waals surface area contributed by atoms with Crippen LogP contribution in [-0.2, 0) is 6.54 Å². The Bertz CT molecular complexity index is 952. The molecule has 0 aliphatic carbocycles. The summed E-state index contributed by atoms with van der Waals surface area (Å²) in [6.07, 6.45) is 7.70. The molecule has 0 fully saturated rings. The van der Waals surface area contributed by atoms with Crippen molar-refractivity contribution in [3.63, 3.8) is 0 Å². The first-order valence-electron chi connectivity index (χ1n) is 6.04. The largest absolute Gasteiger partial charge is 0.271 e. The van der Waals surface area contributed by atoms with E-state index in [-0.39, 0.29) is 0 Å². The summed E-state index contributed by atoms with van der Waals surface area (Å²) >= 11 is 3.72. The molecule has 1 aliphatic rings. The molecule has 0 amide bonds. The van der Waals surface area contributed by atoms with Crippen molar-refractivity contribution in [2.45, 2.75) is 6.54 Å². The molecule has 0 saturated carbocycles. The first kappa shape index (κ1) is 10.00. The minimum Gasteiger partial charge on any atom is -0.264 e. The van der Waals surface area contributed by atoms with Crippen LogP contribution in [-0.4, -0.2) is 9.97 Å². The van der Waals surface area contributed by atoms with Gasteiger partial charge in [-0.25, -0.2) is 0 Å². The average Bonchev–Trinajstić information content (AvgIpc) is 3.05. The summed E-state index contributed by atoms with van der Waals surface area (Å²) in [7, 11) is 0. The molecule has 0 unspecified atom stereocenters. The number of nitrogens with zero attached hydrogens (tertiary/aromatic N) is 3. The topological polar surface area (TPSA) is 29.7 Å². The Kier molecular flexibility index (Phi) is 1.78. The minimum absolute atomic E-state index is 0.937. The monoisotopic (exact) mass is 282 g/mol. The molecule has 19 heavy (non-hydrogen) atoms. The summed E-state index contributed by atoms with van der Waals surface area (Å²) in [6, 6.07) is 4.24. The van der Waals surface area contributed by atoms with Crippen molar-refractivity contribution in [3.05, 3.63) is 42.5 Å². The van der Waals surface area contributed by atoms with Gasteiger partial charge < -0.3 is 0 Å². The quantitative estimate of drug-likeness (QED) is 0.408. The zero-order valence-corrected chi connectivity index (χ0v) is 11.5. The zero-order valence-electron chi connectivity index (χ0n) is 9.83. The van der Waals surface area contributed by atoms with Gasteiger partial charge in [0.25, 0.3) is 5.01 Å². The molecule has 0 saturated heterocycles. The fraction of sp³-hybridized carbons (Fsp3) is 0.0714. The molecule has 5 rings (SSSR count). The van der Waals surface area contributed by atoms with Crippen molar-refractivity contribution in [2.75, 3.05) is 0 Å². The maximum atomic E-state index is 4.23. The maximum absolute atomic E-state index is 4.23. The third kappa shape index (κ3) is 1.19. The van der Waals surface area contributed by atoms with Crippen molar-refractivity contribution in [1.29, 1.82) is 0 Å². The normalized spacial score (nSPS) is 13.1. The van der Waals surface area contributed by atoms with E-state index in [1.54, 1.807) is 0 Å². The van der Waals surface area contributed by atoms with Crippen LogP contribution in [0.2, 0.25) is 0 Å². The van der Waals surface area contributed by atoms with Crippen LogP contribution in [0.4, 0.5) is 0 Å². The standard InChI is InChI=1S/C14H8N3S2/c1-3-15-5-8-7-17-12-10-2-4-16-6-11(10)18-14(12)19-13(17)9(1)8/h1-6H,7H2/q+1. The molecule has 0 radical (unpaired) electrons. The van der Waals surface area contributed by atoms with Crippen LogP contribution >= 0.6 is 22.7 Å². The Balaban J connectivity index is 1.94. The first-order chi connectivity index (χ1) is 9.42. The summed E-state index contributed by atoms with van der Waals surface area (Å²) in [5.74, 6) is 0. The van der Waals surface area contributed by atoms with Crippen LogP contribution in [0.15, 0.2) is 36.9 Å². The van der Waals surface area contributed by atoms with E-state index in [0.29, 0.717) is 0 Å². The average molecular weight is 282 g/mol. The lowest BCUT2D eigenvalue weighted by Crippen LogP contribution is -2.30. The SMILES string of the molecule is c1cc2c(cn1)C[n+]1c-2sc2sc3cnccc3c21. The lowest BCUT2D eigenvalue weighted by Gasteiger charge is -1.88. The van der Waals surface area contributed by atoms with Gasteiger partial charge in [-0.05, 0) is 12.1 Å². The Morgan fingerprint density at radius 1 is 1.05 bits per heavy atom. The van der Waals surface area contributed by atoms with Crippen LogP contribution in [0.3, 0.4) is 0 Å². The molecular weight excluding hydrogens is 274 g/mol. The van der Waals surface area contributed by atoms with E-state index in [1.807, 2.05) is 47.5 Å². The molecule has 4 aromatic heterocycles. The second-order valence-electron chi connectivity index (χ2n) is 4.64. The zero-order chi connectivity index (χ0) is 12.4. The number of hydrogen-bond donors (Lipinski definition) is 0. The maximum Gasteiger partial charge on any atom is 0.271 e. The molecule has 90 valence electrons. The number of hydrogen-bond acceptors (Lipinski definition) is 4. The van der Waals surface area contributed by atoms with Gasteiger partial charge in [0.1, 0.15) is 0 Å². The first-order valence-corrected chi connectivity index (χ1v) is 7.67. The van der Waals surface area contributed by atoms with Gasteiger partial charge in [0, 0.05) is 30.4 Å². The van der Waals surface area contributed by atoms with Crippen molar-refractivity contribution < 1.29 is 4.57 Å². The summed E-state index contributed by atoms with van der Waals surface area (Å²) in [5.41, 5.74) is 4.02. The number of rotatable bonds is 0. The number of thiazole rings is 1. The molecule has 0 N–H and O–H groups in total. The van der Waals surface area contributed by atoms with E-state index in [4.69, 9.17) is 0 Å². The highest BCUT2D eigenvalue weighted by Gasteiger charge is 2.33. The molecule has 5 heterocycles.